The topological polar surface area (TPSA) is 47.1 Å². The highest BCUT2D eigenvalue weighted by Gasteiger charge is 2.43. The first-order valence-corrected chi connectivity index (χ1v) is 13.7. The lowest BCUT2D eigenvalue weighted by molar-refractivity contribution is 0.0215. The van der Waals surface area contributed by atoms with Crippen molar-refractivity contribution >= 4 is 34.8 Å². The average molecular weight is 503 g/mol. The number of likely N-dealkylation sites (tertiary alicyclic amines) is 1. The second-order valence-corrected chi connectivity index (χ2v) is 10.7. The Labute approximate surface area is 217 Å². The van der Waals surface area contributed by atoms with Crippen LogP contribution in [-0.4, -0.2) is 58.5 Å². The molecule has 2 aliphatic heterocycles. The molecule has 2 aromatic carbocycles. The number of hydrogen-bond acceptors (Lipinski definition) is 3. The van der Waals surface area contributed by atoms with Crippen molar-refractivity contribution in [3.05, 3.63) is 82.6 Å². The molecule has 0 saturated carbocycles. The summed E-state index contributed by atoms with van der Waals surface area (Å²) in [6.07, 6.45) is 2.95. The third kappa shape index (κ3) is 4.85. The lowest BCUT2D eigenvalue weighted by Crippen LogP contribution is -2.66. The van der Waals surface area contributed by atoms with Gasteiger partial charge in [0.1, 0.15) is 0 Å². The van der Waals surface area contributed by atoms with Gasteiger partial charge in [-0.3, -0.25) is 4.90 Å². The van der Waals surface area contributed by atoms with Crippen molar-refractivity contribution < 1.29 is 9.59 Å². The third-order valence-corrected chi connectivity index (χ3v) is 8.40. The first kappa shape index (κ1) is 24.4. The van der Waals surface area contributed by atoms with Gasteiger partial charge in [0.2, 0.25) is 0 Å². The van der Waals surface area contributed by atoms with Crippen molar-refractivity contribution in [1.29, 1.82) is 0 Å². The lowest BCUT2D eigenvalue weighted by Gasteiger charge is -2.51. The molecular formula is C29H34N4O2S. The van der Waals surface area contributed by atoms with E-state index in [-0.39, 0.29) is 24.1 Å². The summed E-state index contributed by atoms with van der Waals surface area (Å²) in [5.41, 5.74) is 2.94. The van der Waals surface area contributed by atoms with Crippen LogP contribution in [0.4, 0.5) is 21.0 Å². The molecule has 2 aliphatic rings. The minimum absolute atomic E-state index is 0.0297. The van der Waals surface area contributed by atoms with E-state index in [1.54, 1.807) is 16.2 Å². The van der Waals surface area contributed by atoms with Crippen LogP contribution in [0.3, 0.4) is 0 Å². The molecule has 1 aromatic heterocycles. The molecule has 4 amide bonds. The van der Waals surface area contributed by atoms with Crippen LogP contribution in [-0.2, 0) is 6.54 Å². The summed E-state index contributed by atoms with van der Waals surface area (Å²) in [4.78, 5) is 36.8. The molecular weight excluding hydrogens is 468 g/mol. The Morgan fingerprint density at radius 2 is 1.47 bits per heavy atom. The Hall–Kier alpha value is -3.32. The molecule has 0 spiro atoms. The van der Waals surface area contributed by atoms with Gasteiger partial charge in [-0.1, -0.05) is 36.4 Å². The average Bonchev–Trinajstić information content (AvgIpc) is 3.31. The molecule has 188 valence electrons. The monoisotopic (exact) mass is 502 g/mol. The Kier molecular flexibility index (Phi) is 7.28. The highest BCUT2D eigenvalue weighted by Crippen LogP contribution is 2.33. The predicted octanol–water partition coefficient (Wildman–Crippen LogP) is 6.50. The van der Waals surface area contributed by atoms with Crippen molar-refractivity contribution in [2.24, 2.45) is 0 Å². The number of para-hydroxylation sites is 2. The number of hydrogen-bond donors (Lipinski definition) is 0. The fraction of sp³-hybridized carbons (Fsp3) is 0.379. The van der Waals surface area contributed by atoms with E-state index in [2.05, 4.69) is 23.3 Å². The zero-order valence-corrected chi connectivity index (χ0v) is 21.9. The number of nitrogens with zero attached hydrogens (tertiary/aromatic N) is 4. The van der Waals surface area contributed by atoms with Crippen LogP contribution in [0.15, 0.2) is 72.1 Å². The van der Waals surface area contributed by atoms with Crippen LogP contribution in [0.2, 0.25) is 0 Å². The molecule has 36 heavy (non-hydrogen) atoms. The quantitative estimate of drug-likeness (QED) is 0.400. The molecule has 5 rings (SSSR count). The summed E-state index contributed by atoms with van der Waals surface area (Å²) in [6, 6.07) is 21.9. The molecule has 6 nitrogen and oxygen atoms in total. The van der Waals surface area contributed by atoms with Crippen molar-refractivity contribution in [3.8, 4) is 0 Å². The van der Waals surface area contributed by atoms with E-state index in [1.165, 1.54) is 10.4 Å². The van der Waals surface area contributed by atoms with Gasteiger partial charge in [0, 0.05) is 24.5 Å². The SMILES string of the molecule is CCN(Cc1sccc1C)C(=O)N1[C@@H]2CCC[C@H]1CN(C(=O)N(c1ccccc1)c1ccccc1)C2. The number of piperidine rings is 1. The fourth-order valence-corrected chi connectivity index (χ4v) is 6.38. The largest absolute Gasteiger partial charge is 0.329 e. The van der Waals surface area contributed by atoms with Crippen molar-refractivity contribution in [2.45, 2.75) is 51.7 Å². The summed E-state index contributed by atoms with van der Waals surface area (Å²) in [5.74, 6) is 0. The molecule has 3 heterocycles. The number of fused-ring (bicyclic) bond motifs is 2. The Morgan fingerprint density at radius 1 is 0.889 bits per heavy atom. The zero-order chi connectivity index (χ0) is 25.1. The van der Waals surface area contributed by atoms with Gasteiger partial charge >= 0.3 is 12.1 Å². The van der Waals surface area contributed by atoms with E-state index in [0.717, 1.165) is 30.6 Å². The van der Waals surface area contributed by atoms with E-state index >= 15 is 0 Å². The number of carbonyl (C=O) groups is 2. The van der Waals surface area contributed by atoms with E-state index in [9.17, 15) is 9.59 Å². The number of benzene rings is 2. The molecule has 7 heteroatoms. The minimum Gasteiger partial charge on any atom is -0.320 e. The Morgan fingerprint density at radius 3 is 1.97 bits per heavy atom. The number of amides is 4. The second kappa shape index (κ2) is 10.7. The maximum Gasteiger partial charge on any atom is 0.329 e. The van der Waals surface area contributed by atoms with Gasteiger partial charge in [0.15, 0.2) is 0 Å². The van der Waals surface area contributed by atoms with Gasteiger partial charge in [-0.25, -0.2) is 9.59 Å². The highest BCUT2D eigenvalue weighted by molar-refractivity contribution is 7.10. The van der Waals surface area contributed by atoms with Gasteiger partial charge in [-0.2, -0.15) is 0 Å². The van der Waals surface area contributed by atoms with E-state index in [0.29, 0.717) is 26.2 Å². The summed E-state index contributed by atoms with van der Waals surface area (Å²) < 4.78 is 0. The van der Waals surface area contributed by atoms with Gasteiger partial charge in [-0.15, -0.1) is 11.3 Å². The number of rotatable bonds is 5. The zero-order valence-electron chi connectivity index (χ0n) is 21.0. The van der Waals surface area contributed by atoms with Crippen molar-refractivity contribution in [3.63, 3.8) is 0 Å². The highest BCUT2D eigenvalue weighted by atomic mass is 32.1. The summed E-state index contributed by atoms with van der Waals surface area (Å²) in [5, 5.41) is 2.09. The Bertz CT molecular complexity index is 1130. The van der Waals surface area contributed by atoms with E-state index < -0.39 is 0 Å². The third-order valence-electron chi connectivity index (χ3n) is 7.39. The molecule has 0 unspecified atom stereocenters. The second-order valence-electron chi connectivity index (χ2n) is 9.66. The lowest BCUT2D eigenvalue weighted by atomic mass is 9.91. The van der Waals surface area contributed by atoms with Crippen LogP contribution in [0, 0.1) is 6.92 Å². The molecule has 0 radical (unpaired) electrons. The number of aryl methyl sites for hydroxylation is 1. The van der Waals surface area contributed by atoms with Crippen molar-refractivity contribution in [2.75, 3.05) is 24.5 Å². The maximum absolute atomic E-state index is 14.0. The smallest absolute Gasteiger partial charge is 0.320 e. The molecule has 2 fully saturated rings. The van der Waals surface area contributed by atoms with Crippen molar-refractivity contribution in [1.82, 2.24) is 14.7 Å². The van der Waals surface area contributed by atoms with Gasteiger partial charge in [0.25, 0.3) is 0 Å². The fourth-order valence-electron chi connectivity index (χ4n) is 5.46. The minimum atomic E-state index is -0.0297. The molecule has 2 saturated heterocycles. The first-order chi connectivity index (χ1) is 17.6. The number of thiophene rings is 1. The maximum atomic E-state index is 14.0. The molecule has 2 bridgehead atoms. The van der Waals surface area contributed by atoms with Crippen LogP contribution in [0.25, 0.3) is 0 Å². The predicted molar refractivity (Wildman–Crippen MR) is 146 cm³/mol. The van der Waals surface area contributed by atoms with Crippen LogP contribution >= 0.6 is 11.3 Å². The normalized spacial score (nSPS) is 19.2. The standard InChI is InChI=1S/C29H34N4O2S/c1-3-30(21-27-22(2)17-18-36-27)28(34)33-25-15-10-16-26(33)20-31(19-25)29(35)32(23-11-6-4-7-12-23)24-13-8-5-9-14-24/h4-9,11-14,17-18,25-26H,3,10,15-16,19-21H2,1-2H3/t25-,26+. The summed E-state index contributed by atoms with van der Waals surface area (Å²) in [7, 11) is 0. The number of piperazine rings is 1. The van der Waals surface area contributed by atoms with Crippen LogP contribution < -0.4 is 4.90 Å². The van der Waals surface area contributed by atoms with Gasteiger partial charge in [0.05, 0.1) is 30.0 Å². The Balaban J connectivity index is 1.37. The summed E-state index contributed by atoms with van der Waals surface area (Å²) in [6.45, 7) is 6.60. The van der Waals surface area contributed by atoms with Gasteiger partial charge in [-0.05, 0) is 74.4 Å². The van der Waals surface area contributed by atoms with Gasteiger partial charge < -0.3 is 14.7 Å². The first-order valence-electron chi connectivity index (χ1n) is 12.9. The number of carbonyl (C=O) groups excluding carboxylic acids is 2. The number of urea groups is 2. The number of anilines is 2. The molecule has 0 N–H and O–H groups in total. The van der Waals surface area contributed by atoms with E-state index in [4.69, 9.17) is 0 Å². The summed E-state index contributed by atoms with van der Waals surface area (Å²) >= 11 is 1.71. The molecule has 0 aliphatic carbocycles. The molecule has 3 aromatic rings. The molecule has 2 atom stereocenters. The van der Waals surface area contributed by atoms with Crippen LogP contribution in [0.5, 0.6) is 0 Å². The van der Waals surface area contributed by atoms with Crippen LogP contribution in [0.1, 0.15) is 36.6 Å². The van der Waals surface area contributed by atoms with E-state index in [1.807, 2.05) is 77.4 Å².